The fraction of sp³-hybridized carbons (Fsp3) is 0.353. The number of nitrogens with zero attached hydrogens (tertiary/aromatic N) is 2. The summed E-state index contributed by atoms with van der Waals surface area (Å²) in [5, 5.41) is 2.49. The van der Waals surface area contributed by atoms with Crippen molar-refractivity contribution in [2.45, 2.75) is 42.4 Å². The van der Waals surface area contributed by atoms with Crippen LogP contribution in [0.3, 0.4) is 0 Å². The summed E-state index contributed by atoms with van der Waals surface area (Å²) in [6, 6.07) is 6.71. The predicted octanol–water partition coefficient (Wildman–Crippen LogP) is 2.12. The van der Waals surface area contributed by atoms with Crippen LogP contribution in [0.4, 0.5) is 0 Å². The summed E-state index contributed by atoms with van der Waals surface area (Å²) in [7, 11) is -3.24. The maximum absolute atomic E-state index is 12.5. The summed E-state index contributed by atoms with van der Waals surface area (Å²) in [5.74, 6) is -0.314. The smallest absolute Gasteiger partial charge is 0.271 e. The molecule has 3 rings (SSSR count). The van der Waals surface area contributed by atoms with Gasteiger partial charge in [-0.1, -0.05) is 25.0 Å². The Morgan fingerprint density at radius 3 is 2.46 bits per heavy atom. The molecule has 0 radical (unpaired) electrons. The van der Waals surface area contributed by atoms with Crippen LogP contribution >= 0.6 is 0 Å². The van der Waals surface area contributed by atoms with E-state index in [-0.39, 0.29) is 16.9 Å². The molecule has 24 heavy (non-hydrogen) atoms. The fourth-order valence-electron chi connectivity index (χ4n) is 2.88. The Hall–Kier alpha value is -2.28. The molecule has 6 nitrogen and oxygen atoms in total. The van der Waals surface area contributed by atoms with E-state index in [9.17, 15) is 13.2 Å². The third-order valence-electron chi connectivity index (χ3n) is 4.24. The van der Waals surface area contributed by atoms with Gasteiger partial charge in [0, 0.05) is 18.9 Å². The normalized spacial score (nSPS) is 15.3. The van der Waals surface area contributed by atoms with Gasteiger partial charge in [0.2, 0.25) is 0 Å². The molecule has 1 aliphatic rings. The Balaban J connectivity index is 1.63. The zero-order chi connectivity index (χ0) is 17.0. The molecule has 1 amide bonds. The lowest BCUT2D eigenvalue weighted by Gasteiger charge is -2.11. The summed E-state index contributed by atoms with van der Waals surface area (Å²) >= 11 is 0. The second-order valence-electron chi connectivity index (χ2n) is 5.87. The number of carbonyl (C=O) groups excluding carboxylic acids is 1. The van der Waals surface area contributed by atoms with Crippen LogP contribution in [0.1, 0.15) is 41.7 Å². The summed E-state index contributed by atoms with van der Waals surface area (Å²) in [6.45, 7) is 0.305. The van der Waals surface area contributed by atoms with E-state index < -0.39 is 9.84 Å². The first-order valence-electron chi connectivity index (χ1n) is 7.94. The van der Waals surface area contributed by atoms with Gasteiger partial charge in [0.05, 0.1) is 16.3 Å². The van der Waals surface area contributed by atoms with Crippen LogP contribution in [0.2, 0.25) is 0 Å². The topological polar surface area (TPSA) is 89.0 Å². The van der Waals surface area contributed by atoms with E-state index in [4.69, 9.17) is 0 Å². The van der Waals surface area contributed by atoms with E-state index in [1.54, 1.807) is 24.3 Å². The van der Waals surface area contributed by atoms with Crippen LogP contribution in [-0.4, -0.2) is 29.5 Å². The molecule has 2 aromatic rings. The van der Waals surface area contributed by atoms with Gasteiger partial charge >= 0.3 is 0 Å². The number of hydrogen-bond acceptors (Lipinski definition) is 5. The van der Waals surface area contributed by atoms with Gasteiger partial charge in [-0.25, -0.2) is 13.4 Å². The van der Waals surface area contributed by atoms with Crippen LogP contribution < -0.4 is 5.32 Å². The highest BCUT2D eigenvalue weighted by Gasteiger charge is 2.29. The number of carbonyl (C=O) groups is 1. The highest BCUT2D eigenvalue weighted by molar-refractivity contribution is 7.92. The monoisotopic (exact) mass is 345 g/mol. The lowest BCUT2D eigenvalue weighted by molar-refractivity contribution is 0.0945. The van der Waals surface area contributed by atoms with Crippen molar-refractivity contribution in [3.8, 4) is 0 Å². The molecule has 0 aliphatic heterocycles. The number of rotatable bonds is 5. The van der Waals surface area contributed by atoms with Crippen molar-refractivity contribution >= 4 is 15.7 Å². The Bertz CT molecular complexity index is 799. The molecule has 126 valence electrons. The van der Waals surface area contributed by atoms with Gasteiger partial charge in [0.25, 0.3) is 5.91 Å². The predicted molar refractivity (Wildman–Crippen MR) is 89.1 cm³/mol. The first kappa shape index (κ1) is 16.6. The number of aromatic nitrogens is 2. The highest BCUT2D eigenvalue weighted by atomic mass is 32.2. The molecule has 0 bridgehead atoms. The molecule has 1 fully saturated rings. The molecule has 1 saturated carbocycles. The Labute approximate surface area is 141 Å². The van der Waals surface area contributed by atoms with Crippen molar-refractivity contribution in [1.29, 1.82) is 0 Å². The molecule has 0 saturated heterocycles. The molecule has 1 aliphatic carbocycles. The third kappa shape index (κ3) is 3.62. The zero-order valence-corrected chi connectivity index (χ0v) is 14.0. The molecule has 0 spiro atoms. The molecule has 1 heterocycles. The van der Waals surface area contributed by atoms with Gasteiger partial charge in [-0.05, 0) is 30.5 Å². The van der Waals surface area contributed by atoms with Crippen molar-refractivity contribution in [2.75, 3.05) is 0 Å². The molecule has 0 unspecified atom stereocenters. The Morgan fingerprint density at radius 1 is 1.12 bits per heavy atom. The van der Waals surface area contributed by atoms with Crippen molar-refractivity contribution < 1.29 is 13.2 Å². The average Bonchev–Trinajstić information content (AvgIpc) is 3.16. The van der Waals surface area contributed by atoms with Crippen LogP contribution in [0, 0.1) is 0 Å². The minimum atomic E-state index is -3.24. The fourth-order valence-corrected chi connectivity index (χ4v) is 4.73. The molecule has 0 atom stereocenters. The Morgan fingerprint density at radius 2 is 1.83 bits per heavy atom. The third-order valence-corrected chi connectivity index (χ3v) is 6.52. The average molecular weight is 345 g/mol. The molecular formula is C17H19N3O3S. The number of sulfone groups is 1. The summed E-state index contributed by atoms with van der Waals surface area (Å²) in [5.41, 5.74) is 1.08. The van der Waals surface area contributed by atoms with E-state index in [0.717, 1.165) is 31.2 Å². The van der Waals surface area contributed by atoms with Gasteiger partial charge in [-0.15, -0.1) is 0 Å². The van der Waals surface area contributed by atoms with Crippen molar-refractivity contribution in [3.05, 3.63) is 54.1 Å². The number of amides is 1. The summed E-state index contributed by atoms with van der Waals surface area (Å²) < 4.78 is 25.0. The largest absolute Gasteiger partial charge is 0.347 e. The number of hydrogen-bond donors (Lipinski definition) is 1. The van der Waals surface area contributed by atoms with Crippen LogP contribution in [0.5, 0.6) is 0 Å². The SMILES string of the molecule is O=C(NCc1ccc(S(=O)(=O)C2CCCC2)cc1)c1cnccn1. The van der Waals surface area contributed by atoms with Crippen LogP contribution in [-0.2, 0) is 16.4 Å². The van der Waals surface area contributed by atoms with E-state index in [2.05, 4.69) is 15.3 Å². The molecule has 1 aromatic heterocycles. The maximum Gasteiger partial charge on any atom is 0.271 e. The molecule has 7 heteroatoms. The van der Waals surface area contributed by atoms with Crippen LogP contribution in [0.25, 0.3) is 0 Å². The lowest BCUT2D eigenvalue weighted by atomic mass is 10.2. The molecule has 1 aromatic carbocycles. The first-order chi connectivity index (χ1) is 11.6. The van der Waals surface area contributed by atoms with Crippen molar-refractivity contribution in [3.63, 3.8) is 0 Å². The summed E-state index contributed by atoms with van der Waals surface area (Å²) in [4.78, 5) is 20.0. The molecular weight excluding hydrogens is 326 g/mol. The zero-order valence-electron chi connectivity index (χ0n) is 13.2. The lowest BCUT2D eigenvalue weighted by Crippen LogP contribution is -2.24. The quantitative estimate of drug-likeness (QED) is 0.896. The van der Waals surface area contributed by atoms with Gasteiger partial charge in [-0.2, -0.15) is 0 Å². The summed E-state index contributed by atoms with van der Waals surface area (Å²) in [6.07, 6.45) is 7.81. The standard InChI is InChI=1S/C17H19N3O3S/c21-17(16-12-18-9-10-19-16)20-11-13-5-7-15(8-6-13)24(22,23)14-3-1-2-4-14/h5-10,12,14H,1-4,11H2,(H,20,21). The Kier molecular flexibility index (Phi) is 4.89. The first-order valence-corrected chi connectivity index (χ1v) is 9.49. The minimum absolute atomic E-state index is 0.248. The van der Waals surface area contributed by atoms with E-state index in [1.807, 2.05) is 0 Å². The number of nitrogens with one attached hydrogen (secondary N) is 1. The van der Waals surface area contributed by atoms with Gasteiger partial charge in [0.15, 0.2) is 9.84 Å². The van der Waals surface area contributed by atoms with E-state index >= 15 is 0 Å². The highest BCUT2D eigenvalue weighted by Crippen LogP contribution is 2.29. The molecule has 1 N–H and O–H groups in total. The van der Waals surface area contributed by atoms with Gasteiger partial charge < -0.3 is 5.32 Å². The van der Waals surface area contributed by atoms with E-state index in [1.165, 1.54) is 18.6 Å². The second kappa shape index (κ2) is 7.09. The van der Waals surface area contributed by atoms with Gasteiger partial charge in [-0.3, -0.25) is 9.78 Å². The second-order valence-corrected chi connectivity index (χ2v) is 8.10. The van der Waals surface area contributed by atoms with Crippen LogP contribution in [0.15, 0.2) is 47.8 Å². The van der Waals surface area contributed by atoms with Crippen molar-refractivity contribution in [1.82, 2.24) is 15.3 Å². The van der Waals surface area contributed by atoms with Crippen molar-refractivity contribution in [2.24, 2.45) is 0 Å². The maximum atomic E-state index is 12.5. The van der Waals surface area contributed by atoms with Gasteiger partial charge in [0.1, 0.15) is 5.69 Å². The van der Waals surface area contributed by atoms with E-state index in [0.29, 0.717) is 11.4 Å². The minimum Gasteiger partial charge on any atom is -0.347 e. The number of benzene rings is 1.